The highest BCUT2D eigenvalue weighted by Gasteiger charge is 2.07. The van der Waals surface area contributed by atoms with Crippen LogP contribution in [0.25, 0.3) is 10.1 Å². The predicted octanol–water partition coefficient (Wildman–Crippen LogP) is 3.33. The van der Waals surface area contributed by atoms with Gasteiger partial charge in [-0.1, -0.05) is 11.6 Å². The first-order valence-electron chi connectivity index (χ1n) is 3.98. The van der Waals surface area contributed by atoms with Gasteiger partial charge in [0.25, 0.3) is 0 Å². The zero-order valence-electron chi connectivity index (χ0n) is 7.12. The summed E-state index contributed by atoms with van der Waals surface area (Å²) >= 11 is 7.30. The van der Waals surface area contributed by atoms with E-state index in [1.165, 1.54) is 11.3 Å². The van der Waals surface area contributed by atoms with E-state index in [0.29, 0.717) is 11.4 Å². The molecule has 2 aromatic rings. The zero-order valence-corrected chi connectivity index (χ0v) is 8.69. The lowest BCUT2D eigenvalue weighted by molar-refractivity contribution is 0.476. The van der Waals surface area contributed by atoms with Crippen LogP contribution < -0.4 is 0 Å². The van der Waals surface area contributed by atoms with Crippen LogP contribution in [0.15, 0.2) is 17.5 Å². The number of rotatable bonds is 1. The molecule has 14 heavy (non-hydrogen) atoms. The summed E-state index contributed by atoms with van der Waals surface area (Å²) in [4.78, 5) is 0. The molecule has 0 amide bonds. The van der Waals surface area contributed by atoms with Gasteiger partial charge in [-0.2, -0.15) is 5.26 Å². The van der Waals surface area contributed by atoms with Crippen LogP contribution in [-0.2, 0) is 6.42 Å². The van der Waals surface area contributed by atoms with Gasteiger partial charge in [-0.15, -0.1) is 11.3 Å². The van der Waals surface area contributed by atoms with E-state index in [2.05, 4.69) is 6.07 Å². The van der Waals surface area contributed by atoms with Crippen LogP contribution in [0.2, 0.25) is 5.02 Å². The maximum absolute atomic E-state index is 9.42. The SMILES string of the molecule is N#CCc1csc2cc(Cl)c(O)cc12. The van der Waals surface area contributed by atoms with Gasteiger partial charge in [-0.25, -0.2) is 0 Å². The van der Waals surface area contributed by atoms with Crippen LogP contribution in [0, 0.1) is 11.3 Å². The van der Waals surface area contributed by atoms with Gasteiger partial charge in [0.05, 0.1) is 17.5 Å². The van der Waals surface area contributed by atoms with Gasteiger partial charge in [-0.3, -0.25) is 0 Å². The number of aromatic hydroxyl groups is 1. The van der Waals surface area contributed by atoms with Gasteiger partial charge in [0.15, 0.2) is 0 Å². The number of hydrogen-bond donors (Lipinski definition) is 1. The Bertz CT molecular complexity index is 527. The summed E-state index contributed by atoms with van der Waals surface area (Å²) < 4.78 is 0.998. The van der Waals surface area contributed by atoms with Crippen LogP contribution in [0.1, 0.15) is 5.56 Å². The molecule has 70 valence electrons. The Morgan fingerprint density at radius 2 is 2.29 bits per heavy atom. The van der Waals surface area contributed by atoms with Crippen LogP contribution in [0.3, 0.4) is 0 Å². The molecule has 1 aromatic heterocycles. The first-order chi connectivity index (χ1) is 6.72. The highest BCUT2D eigenvalue weighted by molar-refractivity contribution is 7.17. The fraction of sp³-hybridized carbons (Fsp3) is 0.100. The number of halogens is 1. The van der Waals surface area contributed by atoms with E-state index in [1.807, 2.05) is 5.38 Å². The Balaban J connectivity index is 2.69. The molecule has 0 spiro atoms. The Labute approximate surface area is 90.0 Å². The molecule has 0 aliphatic heterocycles. The standard InChI is InChI=1S/C10H6ClNOS/c11-8-4-10-7(3-9(8)13)6(1-2-12)5-14-10/h3-5,13H,1H2. The number of phenolic OH excluding ortho intramolecular Hbond substituents is 1. The van der Waals surface area contributed by atoms with Crippen LogP contribution >= 0.6 is 22.9 Å². The molecule has 0 saturated carbocycles. The highest BCUT2D eigenvalue weighted by Crippen LogP contribution is 2.34. The first kappa shape index (κ1) is 9.32. The second kappa shape index (κ2) is 3.49. The number of hydrogen-bond acceptors (Lipinski definition) is 3. The molecule has 0 aliphatic carbocycles. The normalized spacial score (nSPS) is 10.3. The average Bonchev–Trinajstić information content (AvgIpc) is 2.51. The summed E-state index contributed by atoms with van der Waals surface area (Å²) in [7, 11) is 0. The number of benzene rings is 1. The molecule has 1 heterocycles. The molecule has 0 atom stereocenters. The van der Waals surface area contributed by atoms with Gasteiger partial charge in [-0.05, 0) is 23.1 Å². The lowest BCUT2D eigenvalue weighted by Crippen LogP contribution is -1.77. The van der Waals surface area contributed by atoms with Crippen molar-refractivity contribution in [2.24, 2.45) is 0 Å². The second-order valence-electron chi connectivity index (χ2n) is 2.90. The Morgan fingerprint density at radius 3 is 3.00 bits per heavy atom. The lowest BCUT2D eigenvalue weighted by atomic mass is 10.1. The molecule has 1 aromatic carbocycles. The van der Waals surface area contributed by atoms with Gasteiger partial charge < -0.3 is 5.11 Å². The smallest absolute Gasteiger partial charge is 0.134 e. The van der Waals surface area contributed by atoms with Crippen molar-refractivity contribution in [3.05, 3.63) is 28.1 Å². The third kappa shape index (κ3) is 1.43. The van der Waals surface area contributed by atoms with Crippen LogP contribution in [-0.4, -0.2) is 5.11 Å². The molecular formula is C10H6ClNOS. The fourth-order valence-corrected chi connectivity index (χ4v) is 2.52. The van der Waals surface area contributed by atoms with E-state index in [1.54, 1.807) is 12.1 Å². The topological polar surface area (TPSA) is 44.0 Å². The van der Waals surface area contributed by atoms with E-state index in [4.69, 9.17) is 16.9 Å². The molecule has 0 fully saturated rings. The number of phenols is 1. The van der Waals surface area contributed by atoms with Crippen molar-refractivity contribution in [3.8, 4) is 11.8 Å². The third-order valence-corrected chi connectivity index (χ3v) is 3.29. The first-order valence-corrected chi connectivity index (χ1v) is 5.23. The molecule has 0 saturated heterocycles. The summed E-state index contributed by atoms with van der Waals surface area (Å²) in [6.45, 7) is 0. The van der Waals surface area contributed by atoms with E-state index < -0.39 is 0 Å². The second-order valence-corrected chi connectivity index (χ2v) is 4.21. The van der Waals surface area contributed by atoms with E-state index in [-0.39, 0.29) is 5.75 Å². The molecule has 4 heteroatoms. The van der Waals surface area contributed by atoms with E-state index >= 15 is 0 Å². The summed E-state index contributed by atoms with van der Waals surface area (Å²) in [6.07, 6.45) is 0.362. The summed E-state index contributed by atoms with van der Waals surface area (Å²) in [5.74, 6) is 0.0664. The van der Waals surface area contributed by atoms with Gasteiger partial charge in [0.1, 0.15) is 5.75 Å². The van der Waals surface area contributed by atoms with Crippen molar-refractivity contribution in [1.29, 1.82) is 5.26 Å². The van der Waals surface area contributed by atoms with Gasteiger partial charge in [0.2, 0.25) is 0 Å². The highest BCUT2D eigenvalue weighted by atomic mass is 35.5. The minimum absolute atomic E-state index is 0.0664. The lowest BCUT2D eigenvalue weighted by Gasteiger charge is -1.97. The van der Waals surface area contributed by atoms with Crippen molar-refractivity contribution in [2.45, 2.75) is 6.42 Å². The number of fused-ring (bicyclic) bond motifs is 1. The number of thiophene rings is 1. The fourth-order valence-electron chi connectivity index (χ4n) is 1.31. The van der Waals surface area contributed by atoms with Crippen molar-refractivity contribution in [3.63, 3.8) is 0 Å². The molecular weight excluding hydrogens is 218 g/mol. The maximum atomic E-state index is 9.42. The van der Waals surface area contributed by atoms with Crippen molar-refractivity contribution < 1.29 is 5.11 Å². The Morgan fingerprint density at radius 1 is 1.50 bits per heavy atom. The Hall–Kier alpha value is -1.24. The molecule has 0 aliphatic rings. The zero-order chi connectivity index (χ0) is 10.1. The summed E-state index contributed by atoms with van der Waals surface area (Å²) in [5.41, 5.74) is 0.944. The molecule has 2 rings (SSSR count). The largest absolute Gasteiger partial charge is 0.506 e. The molecule has 1 N–H and O–H groups in total. The maximum Gasteiger partial charge on any atom is 0.134 e. The summed E-state index contributed by atoms with van der Waals surface area (Å²) in [5, 5.41) is 21.2. The monoisotopic (exact) mass is 223 g/mol. The van der Waals surface area contributed by atoms with Gasteiger partial charge >= 0.3 is 0 Å². The van der Waals surface area contributed by atoms with E-state index in [9.17, 15) is 5.11 Å². The number of nitriles is 1. The molecule has 2 nitrogen and oxygen atoms in total. The minimum Gasteiger partial charge on any atom is -0.506 e. The minimum atomic E-state index is 0.0664. The van der Waals surface area contributed by atoms with Crippen molar-refractivity contribution >= 4 is 33.0 Å². The predicted molar refractivity (Wildman–Crippen MR) is 57.8 cm³/mol. The molecule has 0 unspecified atom stereocenters. The molecule has 0 radical (unpaired) electrons. The third-order valence-electron chi connectivity index (χ3n) is 1.99. The average molecular weight is 224 g/mol. The summed E-state index contributed by atoms with van der Waals surface area (Å²) in [6, 6.07) is 5.42. The number of nitrogens with zero attached hydrogens (tertiary/aromatic N) is 1. The van der Waals surface area contributed by atoms with Gasteiger partial charge in [0, 0.05) is 10.1 Å². The molecule has 0 bridgehead atoms. The van der Waals surface area contributed by atoms with Crippen LogP contribution in [0.5, 0.6) is 5.75 Å². The quantitative estimate of drug-likeness (QED) is 0.806. The van der Waals surface area contributed by atoms with Crippen molar-refractivity contribution in [1.82, 2.24) is 0 Å². The Kier molecular flexibility index (Phi) is 2.32. The van der Waals surface area contributed by atoms with Crippen LogP contribution in [0.4, 0.5) is 0 Å². The van der Waals surface area contributed by atoms with E-state index in [0.717, 1.165) is 15.6 Å². The van der Waals surface area contributed by atoms with Crippen molar-refractivity contribution in [2.75, 3.05) is 0 Å².